The van der Waals surface area contributed by atoms with Crippen molar-refractivity contribution in [3.05, 3.63) is 0 Å². The molecular weight excluding hydrogens is 306 g/mol. The molecule has 0 unspecified atom stereocenters. The van der Waals surface area contributed by atoms with Gasteiger partial charge in [0.25, 0.3) is 0 Å². The first kappa shape index (κ1) is 18.5. The van der Waals surface area contributed by atoms with Crippen molar-refractivity contribution in [3.63, 3.8) is 0 Å². The quantitative estimate of drug-likeness (QED) is 0.781. The van der Waals surface area contributed by atoms with E-state index in [0.717, 1.165) is 12.8 Å². The molecule has 134 valence electrons. The first-order valence-electron chi connectivity index (χ1n) is 8.92. The van der Waals surface area contributed by atoms with Crippen LogP contribution in [0, 0.1) is 17.2 Å². The maximum atomic E-state index is 12.3. The van der Waals surface area contributed by atoms with Crippen molar-refractivity contribution >= 4 is 11.9 Å². The van der Waals surface area contributed by atoms with Crippen molar-refractivity contribution in [1.82, 2.24) is 20.0 Å². The van der Waals surface area contributed by atoms with Gasteiger partial charge >= 0.3 is 6.03 Å². The summed E-state index contributed by atoms with van der Waals surface area (Å²) in [4.78, 5) is 30.3. The molecule has 1 aliphatic heterocycles. The lowest BCUT2D eigenvalue weighted by Crippen LogP contribution is -2.56. The third-order valence-electron chi connectivity index (χ3n) is 5.07. The molecule has 2 fully saturated rings. The second kappa shape index (κ2) is 7.84. The Kier molecular flexibility index (Phi) is 6.05. The number of hydrogen-bond donors (Lipinski definition) is 1. The van der Waals surface area contributed by atoms with Crippen LogP contribution in [0.2, 0.25) is 0 Å². The van der Waals surface area contributed by atoms with Crippen LogP contribution in [0.25, 0.3) is 0 Å². The van der Waals surface area contributed by atoms with E-state index in [1.807, 2.05) is 35.5 Å². The minimum absolute atomic E-state index is 0.0786. The Labute approximate surface area is 144 Å². The number of piperazine rings is 1. The molecule has 7 heteroatoms. The van der Waals surface area contributed by atoms with Crippen LogP contribution in [0.4, 0.5) is 4.79 Å². The topological polar surface area (TPSA) is 79.7 Å². The number of nitrogens with one attached hydrogen (secondary N) is 1. The van der Waals surface area contributed by atoms with Gasteiger partial charge in [-0.3, -0.25) is 9.69 Å². The van der Waals surface area contributed by atoms with Crippen LogP contribution in [-0.2, 0) is 4.79 Å². The monoisotopic (exact) mass is 335 g/mol. The van der Waals surface area contributed by atoms with Crippen molar-refractivity contribution < 1.29 is 9.59 Å². The molecule has 1 aliphatic carbocycles. The fourth-order valence-electron chi connectivity index (χ4n) is 3.21. The Morgan fingerprint density at radius 3 is 2.25 bits per heavy atom. The SMILES string of the molecule is CCN(CC)C(=O)N1CCN(CC(=O)N[C@@](C)(C#N)C2CC2)CC1. The molecule has 1 saturated carbocycles. The zero-order valence-electron chi connectivity index (χ0n) is 15.0. The number of amides is 3. The molecule has 0 bridgehead atoms. The Bertz CT molecular complexity index is 502. The van der Waals surface area contributed by atoms with E-state index >= 15 is 0 Å². The third kappa shape index (κ3) is 4.38. The molecule has 24 heavy (non-hydrogen) atoms. The van der Waals surface area contributed by atoms with Gasteiger partial charge in [-0.1, -0.05) is 0 Å². The number of hydrogen-bond acceptors (Lipinski definition) is 4. The summed E-state index contributed by atoms with van der Waals surface area (Å²) in [6, 6.07) is 2.33. The lowest BCUT2D eigenvalue weighted by atomic mass is 9.98. The second-order valence-electron chi connectivity index (χ2n) is 6.85. The van der Waals surface area contributed by atoms with Crippen LogP contribution in [0.5, 0.6) is 0 Å². The van der Waals surface area contributed by atoms with Crippen LogP contribution in [0.15, 0.2) is 0 Å². The van der Waals surface area contributed by atoms with Crippen molar-refractivity contribution in [3.8, 4) is 6.07 Å². The highest BCUT2D eigenvalue weighted by Gasteiger charge is 2.43. The van der Waals surface area contributed by atoms with E-state index in [1.165, 1.54) is 0 Å². The number of carbonyl (C=O) groups is 2. The van der Waals surface area contributed by atoms with Crippen LogP contribution < -0.4 is 5.32 Å². The van der Waals surface area contributed by atoms with Gasteiger partial charge in [-0.05, 0) is 39.5 Å². The third-order valence-corrected chi connectivity index (χ3v) is 5.07. The predicted molar refractivity (Wildman–Crippen MR) is 91.2 cm³/mol. The van der Waals surface area contributed by atoms with Gasteiger partial charge in [0.15, 0.2) is 0 Å². The predicted octanol–water partition coefficient (Wildman–Crippen LogP) is 0.874. The molecule has 2 aliphatic rings. The number of carbonyl (C=O) groups excluding carboxylic acids is 2. The first-order valence-corrected chi connectivity index (χ1v) is 8.92. The van der Waals surface area contributed by atoms with Crippen LogP contribution in [-0.4, -0.2) is 78.0 Å². The van der Waals surface area contributed by atoms with Gasteiger partial charge in [0.1, 0.15) is 5.54 Å². The normalized spacial score (nSPS) is 20.8. The summed E-state index contributed by atoms with van der Waals surface area (Å²) in [5, 5.41) is 12.2. The molecule has 1 N–H and O–H groups in total. The van der Waals surface area contributed by atoms with Gasteiger partial charge in [0, 0.05) is 39.3 Å². The minimum Gasteiger partial charge on any atom is -0.337 e. The molecule has 1 atom stereocenters. The smallest absolute Gasteiger partial charge is 0.320 e. The van der Waals surface area contributed by atoms with E-state index in [0.29, 0.717) is 39.3 Å². The number of rotatable bonds is 6. The highest BCUT2D eigenvalue weighted by Crippen LogP contribution is 2.39. The lowest BCUT2D eigenvalue weighted by Gasteiger charge is -2.37. The highest BCUT2D eigenvalue weighted by molar-refractivity contribution is 5.79. The average molecular weight is 335 g/mol. The molecule has 0 radical (unpaired) electrons. The molecular formula is C17H29N5O2. The highest BCUT2D eigenvalue weighted by atomic mass is 16.2. The van der Waals surface area contributed by atoms with Gasteiger partial charge in [-0.25, -0.2) is 4.79 Å². The number of urea groups is 1. The molecule has 3 amide bonds. The van der Waals surface area contributed by atoms with Crippen LogP contribution >= 0.6 is 0 Å². The maximum Gasteiger partial charge on any atom is 0.320 e. The molecule has 0 aromatic heterocycles. The zero-order chi connectivity index (χ0) is 17.7. The minimum atomic E-state index is -0.738. The van der Waals surface area contributed by atoms with Crippen molar-refractivity contribution in [2.75, 3.05) is 45.8 Å². The van der Waals surface area contributed by atoms with Crippen LogP contribution in [0.3, 0.4) is 0 Å². The van der Waals surface area contributed by atoms with Crippen LogP contribution in [0.1, 0.15) is 33.6 Å². The number of nitrogens with zero attached hydrogens (tertiary/aromatic N) is 4. The Hall–Kier alpha value is -1.81. The Morgan fingerprint density at radius 2 is 1.79 bits per heavy atom. The second-order valence-corrected chi connectivity index (χ2v) is 6.85. The number of nitriles is 1. The molecule has 7 nitrogen and oxygen atoms in total. The zero-order valence-corrected chi connectivity index (χ0v) is 15.0. The largest absolute Gasteiger partial charge is 0.337 e. The van der Waals surface area contributed by atoms with Gasteiger partial charge in [0.05, 0.1) is 12.6 Å². The van der Waals surface area contributed by atoms with E-state index in [9.17, 15) is 14.9 Å². The first-order chi connectivity index (χ1) is 11.4. The lowest BCUT2D eigenvalue weighted by molar-refractivity contribution is -0.124. The average Bonchev–Trinajstić information content (AvgIpc) is 3.41. The summed E-state index contributed by atoms with van der Waals surface area (Å²) in [6.45, 7) is 10.1. The summed E-state index contributed by atoms with van der Waals surface area (Å²) in [5.41, 5.74) is -0.738. The van der Waals surface area contributed by atoms with Crippen molar-refractivity contribution in [2.45, 2.75) is 39.2 Å². The molecule has 0 aromatic rings. The maximum absolute atomic E-state index is 12.3. The van der Waals surface area contributed by atoms with Gasteiger partial charge < -0.3 is 15.1 Å². The molecule has 0 aromatic carbocycles. The van der Waals surface area contributed by atoms with Gasteiger partial charge in [-0.15, -0.1) is 0 Å². The van der Waals surface area contributed by atoms with E-state index in [-0.39, 0.29) is 24.4 Å². The van der Waals surface area contributed by atoms with E-state index in [2.05, 4.69) is 11.4 Å². The Balaban J connectivity index is 1.77. The van der Waals surface area contributed by atoms with E-state index in [4.69, 9.17) is 0 Å². The summed E-state index contributed by atoms with van der Waals surface area (Å²) in [6.07, 6.45) is 2.02. The molecule has 2 rings (SSSR count). The fraction of sp³-hybridized carbons (Fsp3) is 0.824. The van der Waals surface area contributed by atoms with E-state index in [1.54, 1.807) is 0 Å². The van der Waals surface area contributed by atoms with Crippen molar-refractivity contribution in [2.24, 2.45) is 5.92 Å². The molecule has 0 spiro atoms. The molecule has 1 heterocycles. The molecule has 1 saturated heterocycles. The standard InChI is InChI=1S/C17H29N5O2/c1-4-21(5-2)16(24)22-10-8-20(9-11-22)12-15(23)19-17(3,13-18)14-6-7-14/h14H,4-12H2,1-3H3,(H,19,23)/t17-/m0/s1. The summed E-state index contributed by atoms with van der Waals surface area (Å²) in [5.74, 6) is 0.185. The van der Waals surface area contributed by atoms with Crippen molar-refractivity contribution in [1.29, 1.82) is 5.26 Å². The Morgan fingerprint density at radius 1 is 1.21 bits per heavy atom. The van der Waals surface area contributed by atoms with Gasteiger partial charge in [0.2, 0.25) is 5.91 Å². The summed E-state index contributed by atoms with van der Waals surface area (Å²) < 4.78 is 0. The summed E-state index contributed by atoms with van der Waals surface area (Å²) >= 11 is 0. The summed E-state index contributed by atoms with van der Waals surface area (Å²) in [7, 11) is 0. The fourth-order valence-corrected chi connectivity index (χ4v) is 3.21. The van der Waals surface area contributed by atoms with Gasteiger partial charge in [-0.2, -0.15) is 5.26 Å². The van der Waals surface area contributed by atoms with E-state index < -0.39 is 5.54 Å².